The molecule has 1 rings (SSSR count). The van der Waals surface area contributed by atoms with Crippen LogP contribution < -0.4 is 5.32 Å². The molecule has 3 N–H and O–H groups in total. The fourth-order valence-corrected chi connectivity index (χ4v) is 1.33. The molecule has 18 heavy (non-hydrogen) atoms. The van der Waals surface area contributed by atoms with Gasteiger partial charge in [-0.3, -0.25) is 14.7 Å². The lowest BCUT2D eigenvalue weighted by Gasteiger charge is -2.10. The number of aliphatic carboxylic acids is 1. The molecule has 0 radical (unpaired) electrons. The summed E-state index contributed by atoms with van der Waals surface area (Å²) in [5.74, 6) is -0.366. The Morgan fingerprint density at radius 1 is 1.39 bits per heavy atom. The highest BCUT2D eigenvalue weighted by atomic mass is 16.4. The molecular weight excluding hydrogens is 236 g/mol. The highest BCUT2D eigenvalue weighted by Gasteiger charge is 2.16. The normalized spacial score (nSPS) is 12.4. The van der Waals surface area contributed by atoms with Crippen molar-refractivity contribution in [2.24, 2.45) is 0 Å². The van der Waals surface area contributed by atoms with Gasteiger partial charge in [0, 0.05) is 18.4 Å². The van der Waals surface area contributed by atoms with Gasteiger partial charge in [-0.15, -0.1) is 5.10 Å². The van der Waals surface area contributed by atoms with E-state index >= 15 is 0 Å². The summed E-state index contributed by atoms with van der Waals surface area (Å²) in [4.78, 5) is 26.2. The van der Waals surface area contributed by atoms with Crippen LogP contribution in [-0.4, -0.2) is 38.2 Å². The number of rotatable bonds is 6. The van der Waals surface area contributed by atoms with Crippen LogP contribution >= 0.6 is 0 Å². The second-order valence-corrected chi connectivity index (χ2v) is 4.51. The van der Waals surface area contributed by atoms with Crippen LogP contribution in [0, 0.1) is 0 Å². The zero-order valence-corrected chi connectivity index (χ0v) is 10.7. The number of aromatic nitrogens is 3. The smallest absolute Gasteiger partial charge is 0.303 e. The Kier molecular flexibility index (Phi) is 4.82. The fraction of sp³-hybridized carbons (Fsp3) is 0.636. The molecule has 0 aliphatic rings. The van der Waals surface area contributed by atoms with E-state index in [4.69, 9.17) is 5.11 Å². The maximum absolute atomic E-state index is 11.7. The van der Waals surface area contributed by atoms with E-state index < -0.39 is 11.9 Å². The first-order chi connectivity index (χ1) is 8.40. The van der Waals surface area contributed by atoms with Crippen molar-refractivity contribution < 1.29 is 14.7 Å². The van der Waals surface area contributed by atoms with Crippen LogP contribution in [0.25, 0.3) is 0 Å². The fourth-order valence-electron chi connectivity index (χ4n) is 1.33. The van der Waals surface area contributed by atoms with Gasteiger partial charge in [0.05, 0.1) is 0 Å². The minimum atomic E-state index is -0.879. The molecule has 7 nitrogen and oxygen atoms in total. The summed E-state index contributed by atoms with van der Waals surface area (Å²) in [6, 6.07) is -0.227. The van der Waals surface area contributed by atoms with Crippen LogP contribution in [0.2, 0.25) is 0 Å². The molecule has 0 bridgehead atoms. The first-order valence-corrected chi connectivity index (χ1v) is 5.85. The number of amides is 1. The second kappa shape index (κ2) is 6.13. The largest absolute Gasteiger partial charge is 0.481 e. The molecule has 1 atom stereocenters. The predicted octanol–water partition coefficient (Wildman–Crippen LogP) is 0.911. The van der Waals surface area contributed by atoms with Crippen LogP contribution in [-0.2, 0) is 4.79 Å². The van der Waals surface area contributed by atoms with E-state index in [-0.39, 0.29) is 24.2 Å². The zero-order chi connectivity index (χ0) is 13.7. The molecule has 0 saturated carbocycles. The van der Waals surface area contributed by atoms with Gasteiger partial charge in [-0.1, -0.05) is 13.8 Å². The summed E-state index contributed by atoms with van der Waals surface area (Å²) >= 11 is 0. The number of nitrogens with one attached hydrogen (secondary N) is 2. The molecular formula is C11H18N4O3. The van der Waals surface area contributed by atoms with Crippen LogP contribution in [0.1, 0.15) is 56.0 Å². The third-order valence-electron chi connectivity index (χ3n) is 2.42. The Balaban J connectivity index is 2.51. The van der Waals surface area contributed by atoms with Gasteiger partial charge in [0.25, 0.3) is 5.91 Å². The van der Waals surface area contributed by atoms with Crippen molar-refractivity contribution in [2.45, 2.75) is 45.6 Å². The summed E-state index contributed by atoms with van der Waals surface area (Å²) < 4.78 is 0. The van der Waals surface area contributed by atoms with E-state index in [1.807, 2.05) is 13.8 Å². The first-order valence-electron chi connectivity index (χ1n) is 5.85. The minimum Gasteiger partial charge on any atom is -0.481 e. The van der Waals surface area contributed by atoms with E-state index in [0.29, 0.717) is 12.2 Å². The first kappa shape index (κ1) is 14.1. The summed E-state index contributed by atoms with van der Waals surface area (Å²) in [6.07, 6.45) is 0.398. The van der Waals surface area contributed by atoms with Gasteiger partial charge >= 0.3 is 5.97 Å². The number of hydrogen-bond acceptors (Lipinski definition) is 4. The van der Waals surface area contributed by atoms with E-state index in [9.17, 15) is 9.59 Å². The summed E-state index contributed by atoms with van der Waals surface area (Å²) in [7, 11) is 0. The number of carbonyl (C=O) groups is 2. The topological polar surface area (TPSA) is 108 Å². The second-order valence-electron chi connectivity index (χ2n) is 4.51. The van der Waals surface area contributed by atoms with E-state index in [1.54, 1.807) is 6.92 Å². The van der Waals surface area contributed by atoms with E-state index in [1.165, 1.54) is 0 Å². The SMILES string of the molecule is CC(CCC(=O)O)NC(=O)c1n[nH]c(C(C)C)n1. The average molecular weight is 254 g/mol. The molecule has 1 unspecified atom stereocenters. The molecule has 0 saturated heterocycles. The maximum atomic E-state index is 11.7. The van der Waals surface area contributed by atoms with E-state index in [0.717, 1.165) is 0 Å². The number of carboxylic acid groups (broad SMARTS) is 1. The Bertz CT molecular complexity index is 428. The molecule has 0 spiro atoms. The van der Waals surface area contributed by atoms with Gasteiger partial charge in [-0.25, -0.2) is 4.98 Å². The maximum Gasteiger partial charge on any atom is 0.303 e. The lowest BCUT2D eigenvalue weighted by Crippen LogP contribution is -2.33. The highest BCUT2D eigenvalue weighted by Crippen LogP contribution is 2.07. The molecule has 1 aromatic heterocycles. The van der Waals surface area contributed by atoms with Crippen LogP contribution in [0.5, 0.6) is 0 Å². The number of H-pyrrole nitrogens is 1. The number of aromatic amines is 1. The average Bonchev–Trinajstić information content (AvgIpc) is 2.75. The van der Waals surface area contributed by atoms with Crippen molar-refractivity contribution in [1.29, 1.82) is 0 Å². The number of nitrogens with zero attached hydrogens (tertiary/aromatic N) is 2. The third kappa shape index (κ3) is 4.15. The predicted molar refractivity (Wildman–Crippen MR) is 64.3 cm³/mol. The molecule has 0 aliphatic carbocycles. The Morgan fingerprint density at radius 2 is 2.06 bits per heavy atom. The molecule has 7 heteroatoms. The molecule has 0 aromatic carbocycles. The molecule has 1 aromatic rings. The van der Waals surface area contributed by atoms with Gasteiger partial charge in [0.1, 0.15) is 5.82 Å². The Labute approximate surface area is 105 Å². The molecule has 1 heterocycles. The Hall–Kier alpha value is -1.92. The highest BCUT2D eigenvalue weighted by molar-refractivity contribution is 5.90. The van der Waals surface area contributed by atoms with Gasteiger partial charge in [-0.2, -0.15) is 0 Å². The number of carboxylic acids is 1. The summed E-state index contributed by atoms with van der Waals surface area (Å²) in [5, 5.41) is 17.7. The summed E-state index contributed by atoms with van der Waals surface area (Å²) in [5.41, 5.74) is 0. The minimum absolute atomic E-state index is 0.0205. The van der Waals surface area contributed by atoms with Gasteiger partial charge in [-0.05, 0) is 13.3 Å². The van der Waals surface area contributed by atoms with E-state index in [2.05, 4.69) is 20.5 Å². The quantitative estimate of drug-likeness (QED) is 0.699. The molecule has 1 amide bonds. The lowest BCUT2D eigenvalue weighted by molar-refractivity contribution is -0.137. The van der Waals surface area contributed by atoms with Crippen molar-refractivity contribution in [3.05, 3.63) is 11.6 Å². The molecule has 100 valence electrons. The zero-order valence-electron chi connectivity index (χ0n) is 10.7. The number of carbonyl (C=O) groups excluding carboxylic acids is 1. The van der Waals surface area contributed by atoms with Crippen molar-refractivity contribution >= 4 is 11.9 Å². The van der Waals surface area contributed by atoms with Gasteiger partial charge in [0.2, 0.25) is 5.82 Å². The Morgan fingerprint density at radius 3 is 2.56 bits per heavy atom. The molecule has 0 aliphatic heterocycles. The summed E-state index contributed by atoms with van der Waals surface area (Å²) in [6.45, 7) is 5.63. The monoisotopic (exact) mass is 254 g/mol. The van der Waals surface area contributed by atoms with Gasteiger partial charge in [0.15, 0.2) is 0 Å². The molecule has 0 fully saturated rings. The van der Waals surface area contributed by atoms with Crippen LogP contribution in [0.4, 0.5) is 0 Å². The van der Waals surface area contributed by atoms with Crippen molar-refractivity contribution in [2.75, 3.05) is 0 Å². The van der Waals surface area contributed by atoms with Crippen molar-refractivity contribution in [1.82, 2.24) is 20.5 Å². The third-order valence-corrected chi connectivity index (χ3v) is 2.42. The van der Waals surface area contributed by atoms with Gasteiger partial charge < -0.3 is 10.4 Å². The number of hydrogen-bond donors (Lipinski definition) is 3. The van der Waals surface area contributed by atoms with Crippen molar-refractivity contribution in [3.8, 4) is 0 Å². The lowest BCUT2D eigenvalue weighted by atomic mass is 10.2. The standard InChI is InChI=1S/C11H18N4O3/c1-6(2)9-13-10(15-14-9)11(18)12-7(3)4-5-8(16)17/h6-7H,4-5H2,1-3H3,(H,12,18)(H,16,17)(H,13,14,15). The van der Waals surface area contributed by atoms with Crippen LogP contribution in [0.15, 0.2) is 0 Å². The van der Waals surface area contributed by atoms with Crippen molar-refractivity contribution in [3.63, 3.8) is 0 Å². The van der Waals surface area contributed by atoms with Crippen LogP contribution in [0.3, 0.4) is 0 Å².